The predicted molar refractivity (Wildman–Crippen MR) is 77.3 cm³/mol. The van der Waals surface area contributed by atoms with E-state index < -0.39 is 5.60 Å². The molecular formula is C17H19FO2. The average molecular weight is 274 g/mol. The van der Waals surface area contributed by atoms with E-state index in [1.165, 1.54) is 12.1 Å². The Labute approximate surface area is 118 Å². The molecule has 0 spiro atoms. The van der Waals surface area contributed by atoms with E-state index in [0.29, 0.717) is 18.4 Å². The smallest absolute Gasteiger partial charge is 0.123 e. The number of hydrogen-bond donors (Lipinski definition) is 1. The third-order valence-electron chi connectivity index (χ3n) is 3.58. The largest absolute Gasteiger partial charge is 0.497 e. The zero-order valence-electron chi connectivity index (χ0n) is 11.8. The maximum absolute atomic E-state index is 13.4. The van der Waals surface area contributed by atoms with Gasteiger partial charge in [-0.3, -0.25) is 0 Å². The minimum Gasteiger partial charge on any atom is -0.497 e. The molecule has 20 heavy (non-hydrogen) atoms. The molecule has 106 valence electrons. The molecule has 0 aromatic heterocycles. The Bertz CT molecular complexity index is 583. The van der Waals surface area contributed by atoms with Gasteiger partial charge in [-0.05, 0) is 41.8 Å². The number of methoxy groups -OCH3 is 1. The summed E-state index contributed by atoms with van der Waals surface area (Å²) in [6.45, 7) is 1.89. The maximum atomic E-state index is 13.4. The van der Waals surface area contributed by atoms with Gasteiger partial charge < -0.3 is 9.84 Å². The first-order valence-corrected chi connectivity index (χ1v) is 6.69. The summed E-state index contributed by atoms with van der Waals surface area (Å²) in [5.41, 5.74) is 0.481. The zero-order valence-corrected chi connectivity index (χ0v) is 11.8. The topological polar surface area (TPSA) is 29.5 Å². The van der Waals surface area contributed by atoms with E-state index in [-0.39, 0.29) is 5.82 Å². The predicted octanol–water partition coefficient (Wildman–Crippen LogP) is 3.67. The molecule has 2 aromatic carbocycles. The molecule has 0 saturated heterocycles. The first kappa shape index (κ1) is 14.5. The lowest BCUT2D eigenvalue weighted by molar-refractivity contribution is 0.0324. The quantitative estimate of drug-likeness (QED) is 0.901. The highest BCUT2D eigenvalue weighted by Crippen LogP contribution is 2.30. The highest BCUT2D eigenvalue weighted by molar-refractivity contribution is 5.32. The molecule has 0 aliphatic heterocycles. The fourth-order valence-electron chi connectivity index (χ4n) is 2.33. The van der Waals surface area contributed by atoms with Crippen molar-refractivity contribution >= 4 is 0 Å². The van der Waals surface area contributed by atoms with Crippen LogP contribution < -0.4 is 4.74 Å². The van der Waals surface area contributed by atoms with Crippen molar-refractivity contribution in [3.8, 4) is 5.75 Å². The second-order valence-electron chi connectivity index (χ2n) is 4.92. The van der Waals surface area contributed by atoms with Gasteiger partial charge in [-0.25, -0.2) is 4.39 Å². The summed E-state index contributed by atoms with van der Waals surface area (Å²) in [5.74, 6) is 0.417. The van der Waals surface area contributed by atoms with Crippen LogP contribution in [-0.2, 0) is 12.0 Å². The molecular weight excluding hydrogens is 255 g/mol. The Balaban J connectivity index is 2.31. The van der Waals surface area contributed by atoms with Crippen molar-refractivity contribution in [2.45, 2.75) is 25.4 Å². The summed E-state index contributed by atoms with van der Waals surface area (Å²) in [7, 11) is 1.61. The Morgan fingerprint density at radius 3 is 2.55 bits per heavy atom. The fraction of sp³-hybridized carbons (Fsp3) is 0.294. The summed E-state index contributed by atoms with van der Waals surface area (Å²) in [4.78, 5) is 0. The summed E-state index contributed by atoms with van der Waals surface area (Å²) in [6.07, 6.45) is 0.928. The molecule has 0 amide bonds. The van der Waals surface area contributed by atoms with Gasteiger partial charge in [0.25, 0.3) is 0 Å². The van der Waals surface area contributed by atoms with E-state index in [4.69, 9.17) is 4.74 Å². The zero-order chi connectivity index (χ0) is 14.6. The minimum atomic E-state index is -1.07. The van der Waals surface area contributed by atoms with Gasteiger partial charge in [0.05, 0.1) is 12.7 Å². The number of hydrogen-bond acceptors (Lipinski definition) is 2. The molecule has 2 aromatic rings. The standard InChI is InChI=1S/C17H19FO2/c1-3-17(19,14-7-5-8-15(18)11-14)12-13-6-4-9-16(10-13)20-2/h4-11,19H,3,12H2,1-2H3. The molecule has 3 heteroatoms. The Morgan fingerprint density at radius 2 is 1.90 bits per heavy atom. The van der Waals surface area contributed by atoms with E-state index in [2.05, 4.69) is 0 Å². The second kappa shape index (κ2) is 6.06. The van der Waals surface area contributed by atoms with Crippen molar-refractivity contribution in [2.24, 2.45) is 0 Å². The third-order valence-corrected chi connectivity index (χ3v) is 3.58. The van der Waals surface area contributed by atoms with Gasteiger partial charge in [0.15, 0.2) is 0 Å². The maximum Gasteiger partial charge on any atom is 0.123 e. The van der Waals surface area contributed by atoms with Gasteiger partial charge in [-0.15, -0.1) is 0 Å². The van der Waals surface area contributed by atoms with Gasteiger partial charge in [0, 0.05) is 6.42 Å². The van der Waals surface area contributed by atoms with Gasteiger partial charge in [-0.1, -0.05) is 31.2 Å². The van der Waals surface area contributed by atoms with Crippen LogP contribution in [-0.4, -0.2) is 12.2 Å². The van der Waals surface area contributed by atoms with Crippen molar-refractivity contribution in [1.82, 2.24) is 0 Å². The molecule has 0 heterocycles. The van der Waals surface area contributed by atoms with Crippen LogP contribution in [0.5, 0.6) is 5.75 Å². The average Bonchev–Trinajstić information content (AvgIpc) is 2.47. The Kier molecular flexibility index (Phi) is 4.40. The van der Waals surface area contributed by atoms with E-state index >= 15 is 0 Å². The fourth-order valence-corrected chi connectivity index (χ4v) is 2.33. The lowest BCUT2D eigenvalue weighted by atomic mass is 9.85. The van der Waals surface area contributed by atoms with Crippen molar-refractivity contribution in [3.63, 3.8) is 0 Å². The number of rotatable bonds is 5. The highest BCUT2D eigenvalue weighted by Gasteiger charge is 2.28. The van der Waals surface area contributed by atoms with Gasteiger partial charge in [0.2, 0.25) is 0 Å². The van der Waals surface area contributed by atoms with Crippen LogP contribution in [0.3, 0.4) is 0 Å². The van der Waals surface area contributed by atoms with Gasteiger partial charge in [0.1, 0.15) is 11.6 Å². The first-order valence-electron chi connectivity index (χ1n) is 6.69. The SMILES string of the molecule is CCC(O)(Cc1cccc(OC)c1)c1cccc(F)c1. The molecule has 1 atom stereocenters. The summed E-state index contributed by atoms with van der Waals surface area (Å²) >= 11 is 0. The van der Waals surface area contributed by atoms with Crippen molar-refractivity contribution < 1.29 is 14.2 Å². The molecule has 2 rings (SSSR count). The summed E-state index contributed by atoms with van der Waals surface area (Å²) < 4.78 is 18.5. The molecule has 0 bridgehead atoms. The van der Waals surface area contributed by atoms with Gasteiger partial charge in [-0.2, -0.15) is 0 Å². The third kappa shape index (κ3) is 3.17. The number of ether oxygens (including phenoxy) is 1. The number of aliphatic hydroxyl groups is 1. The molecule has 0 aliphatic carbocycles. The number of halogens is 1. The van der Waals surface area contributed by atoms with E-state index in [9.17, 15) is 9.50 Å². The lowest BCUT2D eigenvalue weighted by Gasteiger charge is -2.27. The van der Waals surface area contributed by atoms with Gasteiger partial charge >= 0.3 is 0 Å². The summed E-state index contributed by atoms with van der Waals surface area (Å²) in [6, 6.07) is 13.7. The molecule has 2 nitrogen and oxygen atoms in total. The highest BCUT2D eigenvalue weighted by atomic mass is 19.1. The Morgan fingerprint density at radius 1 is 1.15 bits per heavy atom. The van der Waals surface area contributed by atoms with Crippen molar-refractivity contribution in [3.05, 3.63) is 65.5 Å². The van der Waals surface area contributed by atoms with E-state index in [0.717, 1.165) is 11.3 Å². The summed E-state index contributed by atoms with van der Waals surface area (Å²) in [5, 5.41) is 10.8. The van der Waals surface area contributed by atoms with Crippen LogP contribution in [0, 0.1) is 5.82 Å². The minimum absolute atomic E-state index is 0.333. The van der Waals surface area contributed by atoms with Crippen LogP contribution in [0.25, 0.3) is 0 Å². The van der Waals surface area contributed by atoms with E-state index in [1.807, 2.05) is 31.2 Å². The second-order valence-corrected chi connectivity index (χ2v) is 4.92. The van der Waals surface area contributed by atoms with Crippen LogP contribution in [0.2, 0.25) is 0 Å². The normalized spacial score (nSPS) is 13.8. The van der Waals surface area contributed by atoms with Crippen LogP contribution in [0.4, 0.5) is 4.39 Å². The molecule has 0 saturated carbocycles. The van der Waals surface area contributed by atoms with Crippen LogP contribution in [0.1, 0.15) is 24.5 Å². The molecule has 0 radical (unpaired) electrons. The molecule has 0 aliphatic rings. The Hall–Kier alpha value is -1.87. The molecule has 1 N–H and O–H groups in total. The monoisotopic (exact) mass is 274 g/mol. The van der Waals surface area contributed by atoms with Crippen LogP contribution in [0.15, 0.2) is 48.5 Å². The van der Waals surface area contributed by atoms with Crippen molar-refractivity contribution in [2.75, 3.05) is 7.11 Å². The molecule has 1 unspecified atom stereocenters. The van der Waals surface area contributed by atoms with Crippen molar-refractivity contribution in [1.29, 1.82) is 0 Å². The first-order chi connectivity index (χ1) is 9.57. The molecule has 0 fully saturated rings. The lowest BCUT2D eigenvalue weighted by Crippen LogP contribution is -2.27. The van der Waals surface area contributed by atoms with E-state index in [1.54, 1.807) is 19.2 Å². The van der Waals surface area contributed by atoms with Crippen LogP contribution >= 0.6 is 0 Å². The number of benzene rings is 2.